The van der Waals surface area contributed by atoms with E-state index >= 15 is 0 Å². The van der Waals surface area contributed by atoms with Crippen molar-refractivity contribution in [1.82, 2.24) is 4.90 Å². The zero-order valence-electron chi connectivity index (χ0n) is 14.6. The molecule has 0 spiro atoms. The molecule has 23 heavy (non-hydrogen) atoms. The average Bonchev–Trinajstić information content (AvgIpc) is 2.52. The Hall–Kier alpha value is -1.52. The Balaban J connectivity index is 1.78. The van der Waals surface area contributed by atoms with Gasteiger partial charge in [0.05, 0.1) is 25.9 Å². The van der Waals surface area contributed by atoms with Crippen LogP contribution >= 0.6 is 0 Å². The first-order valence-electron chi connectivity index (χ1n) is 8.40. The second kappa shape index (κ2) is 8.94. The molecule has 1 heterocycles. The molecule has 0 bridgehead atoms. The molecule has 1 saturated heterocycles. The molecule has 1 aromatic rings. The van der Waals surface area contributed by atoms with Gasteiger partial charge >= 0.3 is 0 Å². The first-order chi connectivity index (χ1) is 11.1. The molecule has 1 aliphatic rings. The summed E-state index contributed by atoms with van der Waals surface area (Å²) in [7, 11) is 1.68. The Bertz CT molecular complexity index is 493. The third-order valence-corrected chi connectivity index (χ3v) is 3.98. The van der Waals surface area contributed by atoms with Gasteiger partial charge in [-0.05, 0) is 44.4 Å². The molecule has 0 amide bonds. The predicted molar refractivity (Wildman–Crippen MR) is 93.5 cm³/mol. The van der Waals surface area contributed by atoms with Crippen LogP contribution in [0.4, 0.5) is 0 Å². The number of benzene rings is 1. The number of allylic oxidation sites excluding steroid dienone is 1. The third-order valence-electron chi connectivity index (χ3n) is 3.98. The number of rotatable bonds is 8. The maximum Gasteiger partial charge on any atom is 0.161 e. The van der Waals surface area contributed by atoms with E-state index in [1.807, 2.05) is 18.2 Å². The highest BCUT2D eigenvalue weighted by Gasteiger charge is 2.21. The van der Waals surface area contributed by atoms with Gasteiger partial charge in [0.1, 0.15) is 0 Å². The number of hydrogen-bond donors (Lipinski definition) is 0. The standard InChI is InChI=1S/C19H29NO3/c1-5-7-17-8-9-18(19(12-17)21-4)22-11-6-10-20-13-15(2)23-16(3)14-20/h5,8-9,12,15-16H,1,6-7,10-11,13-14H2,2-4H3/t15-,16-/m1/s1. The molecule has 0 aliphatic carbocycles. The number of ether oxygens (including phenoxy) is 3. The fraction of sp³-hybridized carbons (Fsp3) is 0.579. The van der Waals surface area contributed by atoms with Gasteiger partial charge in [-0.15, -0.1) is 6.58 Å². The maximum absolute atomic E-state index is 5.90. The van der Waals surface area contributed by atoms with Crippen LogP contribution in [0.2, 0.25) is 0 Å². The van der Waals surface area contributed by atoms with Crippen molar-refractivity contribution in [2.24, 2.45) is 0 Å². The van der Waals surface area contributed by atoms with Gasteiger partial charge in [0.25, 0.3) is 0 Å². The lowest BCUT2D eigenvalue weighted by Gasteiger charge is -2.35. The van der Waals surface area contributed by atoms with Crippen molar-refractivity contribution in [3.05, 3.63) is 36.4 Å². The Kier molecular flexibility index (Phi) is 6.93. The Morgan fingerprint density at radius 3 is 2.65 bits per heavy atom. The van der Waals surface area contributed by atoms with Gasteiger partial charge in [-0.3, -0.25) is 4.90 Å². The van der Waals surface area contributed by atoms with Crippen molar-refractivity contribution in [3.63, 3.8) is 0 Å². The summed E-state index contributed by atoms with van der Waals surface area (Å²) in [4.78, 5) is 2.45. The van der Waals surface area contributed by atoms with Crippen LogP contribution in [0.15, 0.2) is 30.9 Å². The summed E-state index contributed by atoms with van der Waals surface area (Å²) in [5.41, 5.74) is 1.18. The highest BCUT2D eigenvalue weighted by Crippen LogP contribution is 2.28. The minimum Gasteiger partial charge on any atom is -0.493 e. The van der Waals surface area contributed by atoms with Gasteiger partial charge in [0.15, 0.2) is 11.5 Å². The molecule has 128 valence electrons. The Morgan fingerprint density at radius 1 is 1.26 bits per heavy atom. The van der Waals surface area contributed by atoms with Crippen molar-refractivity contribution in [1.29, 1.82) is 0 Å². The van der Waals surface area contributed by atoms with Crippen molar-refractivity contribution in [2.75, 3.05) is 33.4 Å². The Morgan fingerprint density at radius 2 is 2.00 bits per heavy atom. The lowest BCUT2D eigenvalue weighted by molar-refractivity contribution is -0.0686. The molecular formula is C19H29NO3. The largest absolute Gasteiger partial charge is 0.493 e. The molecule has 2 atom stereocenters. The summed E-state index contributed by atoms with van der Waals surface area (Å²) in [5.74, 6) is 1.60. The highest BCUT2D eigenvalue weighted by molar-refractivity contribution is 5.43. The maximum atomic E-state index is 5.90. The first-order valence-corrected chi connectivity index (χ1v) is 8.40. The minimum absolute atomic E-state index is 0.317. The summed E-state index contributed by atoms with van der Waals surface area (Å²) in [5, 5.41) is 0. The summed E-state index contributed by atoms with van der Waals surface area (Å²) in [6, 6.07) is 6.06. The molecule has 2 rings (SSSR count). The number of methoxy groups -OCH3 is 1. The van der Waals surface area contributed by atoms with E-state index in [1.54, 1.807) is 7.11 Å². The first kappa shape index (κ1) is 17.8. The SMILES string of the molecule is C=CCc1ccc(OCCCN2C[C@@H](C)O[C@H](C)C2)c(OC)c1. The molecule has 0 radical (unpaired) electrons. The molecule has 0 saturated carbocycles. The Labute approximate surface area is 140 Å². The van der Waals surface area contributed by atoms with Gasteiger partial charge in [-0.25, -0.2) is 0 Å². The molecule has 1 aromatic carbocycles. The molecule has 0 aromatic heterocycles. The van der Waals surface area contributed by atoms with Crippen molar-refractivity contribution in [3.8, 4) is 11.5 Å². The van der Waals surface area contributed by atoms with Gasteiger partial charge in [-0.2, -0.15) is 0 Å². The van der Waals surface area contributed by atoms with Gasteiger partial charge in [0, 0.05) is 19.6 Å². The molecule has 1 fully saturated rings. The van der Waals surface area contributed by atoms with Gasteiger partial charge in [0.2, 0.25) is 0 Å². The van der Waals surface area contributed by atoms with E-state index in [-0.39, 0.29) is 0 Å². The summed E-state index contributed by atoms with van der Waals surface area (Å²) in [6.07, 6.45) is 4.36. The van der Waals surface area contributed by atoms with E-state index in [0.717, 1.165) is 44.0 Å². The average molecular weight is 319 g/mol. The van der Waals surface area contributed by atoms with Crippen LogP contribution in [0.1, 0.15) is 25.8 Å². The lowest BCUT2D eigenvalue weighted by atomic mass is 10.1. The van der Waals surface area contributed by atoms with Crippen molar-refractivity contribution in [2.45, 2.75) is 38.9 Å². The van der Waals surface area contributed by atoms with E-state index in [0.29, 0.717) is 18.8 Å². The van der Waals surface area contributed by atoms with Crippen LogP contribution in [0, 0.1) is 0 Å². The monoisotopic (exact) mass is 319 g/mol. The van der Waals surface area contributed by atoms with Crippen LogP contribution in [-0.4, -0.2) is 50.5 Å². The quantitative estimate of drug-likeness (QED) is 0.543. The smallest absolute Gasteiger partial charge is 0.161 e. The number of morpholine rings is 1. The van der Waals surface area contributed by atoms with Crippen molar-refractivity contribution < 1.29 is 14.2 Å². The molecule has 4 heteroatoms. The molecule has 4 nitrogen and oxygen atoms in total. The van der Waals surface area contributed by atoms with E-state index in [1.165, 1.54) is 5.56 Å². The zero-order valence-corrected chi connectivity index (χ0v) is 14.6. The van der Waals surface area contributed by atoms with Crippen LogP contribution in [0.5, 0.6) is 11.5 Å². The molecular weight excluding hydrogens is 290 g/mol. The van der Waals surface area contributed by atoms with E-state index in [2.05, 4.69) is 31.4 Å². The van der Waals surface area contributed by atoms with E-state index < -0.39 is 0 Å². The van der Waals surface area contributed by atoms with Crippen LogP contribution in [0.3, 0.4) is 0 Å². The summed E-state index contributed by atoms with van der Waals surface area (Å²) < 4.78 is 17.1. The number of nitrogens with zero attached hydrogens (tertiary/aromatic N) is 1. The van der Waals surface area contributed by atoms with Crippen LogP contribution in [0.25, 0.3) is 0 Å². The predicted octanol–water partition coefficient (Wildman–Crippen LogP) is 3.30. The second-order valence-corrected chi connectivity index (χ2v) is 6.20. The zero-order chi connectivity index (χ0) is 16.7. The fourth-order valence-corrected chi connectivity index (χ4v) is 3.06. The third kappa shape index (κ3) is 5.56. The van der Waals surface area contributed by atoms with Crippen LogP contribution in [-0.2, 0) is 11.2 Å². The second-order valence-electron chi connectivity index (χ2n) is 6.20. The highest BCUT2D eigenvalue weighted by atomic mass is 16.5. The fourth-order valence-electron chi connectivity index (χ4n) is 3.06. The van der Waals surface area contributed by atoms with Gasteiger partial charge in [-0.1, -0.05) is 12.1 Å². The normalized spacial score (nSPS) is 21.9. The number of hydrogen-bond acceptors (Lipinski definition) is 4. The van der Waals surface area contributed by atoms with Crippen LogP contribution < -0.4 is 9.47 Å². The van der Waals surface area contributed by atoms with E-state index in [4.69, 9.17) is 14.2 Å². The molecule has 1 aliphatic heterocycles. The minimum atomic E-state index is 0.317. The summed E-state index contributed by atoms with van der Waals surface area (Å²) >= 11 is 0. The topological polar surface area (TPSA) is 30.9 Å². The van der Waals surface area contributed by atoms with E-state index in [9.17, 15) is 0 Å². The lowest BCUT2D eigenvalue weighted by Crippen LogP contribution is -2.45. The van der Waals surface area contributed by atoms with Crippen molar-refractivity contribution >= 4 is 0 Å². The molecule has 0 N–H and O–H groups in total. The molecule has 0 unspecified atom stereocenters. The summed E-state index contributed by atoms with van der Waals surface area (Å²) in [6.45, 7) is 11.8. The van der Waals surface area contributed by atoms with Gasteiger partial charge < -0.3 is 14.2 Å².